The Balaban J connectivity index is 1.99. The van der Waals surface area contributed by atoms with E-state index in [4.69, 9.17) is 0 Å². The van der Waals surface area contributed by atoms with Gasteiger partial charge >= 0.3 is 0 Å². The third-order valence-corrected chi connectivity index (χ3v) is 3.50. The van der Waals surface area contributed by atoms with Crippen LogP contribution < -0.4 is 5.32 Å². The number of anilines is 1. The number of aryl methyl sites for hydroxylation is 1. The van der Waals surface area contributed by atoms with Crippen LogP contribution in [0.5, 0.6) is 0 Å². The molecule has 1 aromatic rings. The highest BCUT2D eigenvalue weighted by molar-refractivity contribution is 5.47. The SMILES string of the molecule is Cc1ncccc1NC(C)C1CCCC1. The van der Waals surface area contributed by atoms with E-state index in [0.29, 0.717) is 6.04 Å². The van der Waals surface area contributed by atoms with Crippen molar-refractivity contribution in [2.45, 2.75) is 45.6 Å². The molecule has 1 aliphatic rings. The summed E-state index contributed by atoms with van der Waals surface area (Å²) >= 11 is 0. The zero-order valence-electron chi connectivity index (χ0n) is 9.66. The molecule has 1 aromatic heterocycles. The van der Waals surface area contributed by atoms with Crippen LogP contribution in [0.25, 0.3) is 0 Å². The Kier molecular flexibility index (Phi) is 3.24. The van der Waals surface area contributed by atoms with E-state index in [1.807, 2.05) is 12.3 Å². The average molecular weight is 204 g/mol. The summed E-state index contributed by atoms with van der Waals surface area (Å²) in [7, 11) is 0. The van der Waals surface area contributed by atoms with Crippen molar-refractivity contribution in [1.29, 1.82) is 0 Å². The van der Waals surface area contributed by atoms with Crippen molar-refractivity contribution in [3.8, 4) is 0 Å². The smallest absolute Gasteiger partial charge is 0.0603 e. The highest BCUT2D eigenvalue weighted by Gasteiger charge is 2.21. The van der Waals surface area contributed by atoms with Crippen molar-refractivity contribution in [2.24, 2.45) is 5.92 Å². The summed E-state index contributed by atoms with van der Waals surface area (Å²) in [6, 6.07) is 4.69. The number of hydrogen-bond donors (Lipinski definition) is 1. The first kappa shape index (κ1) is 10.5. The van der Waals surface area contributed by atoms with E-state index < -0.39 is 0 Å². The van der Waals surface area contributed by atoms with Crippen LogP contribution in [0.3, 0.4) is 0 Å². The van der Waals surface area contributed by atoms with E-state index in [9.17, 15) is 0 Å². The fourth-order valence-electron chi connectivity index (χ4n) is 2.46. The third kappa shape index (κ3) is 2.49. The minimum atomic E-state index is 0.579. The van der Waals surface area contributed by atoms with Crippen LogP contribution in [-0.4, -0.2) is 11.0 Å². The van der Waals surface area contributed by atoms with Crippen LogP contribution in [0.15, 0.2) is 18.3 Å². The van der Waals surface area contributed by atoms with Gasteiger partial charge in [-0.1, -0.05) is 12.8 Å². The molecule has 1 atom stereocenters. The molecule has 0 spiro atoms. The molecule has 0 radical (unpaired) electrons. The average Bonchev–Trinajstić information content (AvgIpc) is 2.74. The van der Waals surface area contributed by atoms with Gasteiger partial charge in [0.05, 0.1) is 11.4 Å². The van der Waals surface area contributed by atoms with E-state index in [2.05, 4.69) is 30.2 Å². The fourth-order valence-corrected chi connectivity index (χ4v) is 2.46. The van der Waals surface area contributed by atoms with Crippen LogP contribution in [0.4, 0.5) is 5.69 Å². The van der Waals surface area contributed by atoms with E-state index >= 15 is 0 Å². The maximum atomic E-state index is 4.30. The van der Waals surface area contributed by atoms with Gasteiger partial charge in [0.15, 0.2) is 0 Å². The lowest BCUT2D eigenvalue weighted by molar-refractivity contribution is 0.482. The largest absolute Gasteiger partial charge is 0.381 e. The van der Waals surface area contributed by atoms with E-state index in [1.165, 1.54) is 31.4 Å². The summed E-state index contributed by atoms with van der Waals surface area (Å²) in [4.78, 5) is 4.30. The maximum Gasteiger partial charge on any atom is 0.0603 e. The second-order valence-corrected chi connectivity index (χ2v) is 4.61. The highest BCUT2D eigenvalue weighted by Crippen LogP contribution is 2.29. The van der Waals surface area contributed by atoms with Gasteiger partial charge in [0.25, 0.3) is 0 Å². The first-order chi connectivity index (χ1) is 7.27. The number of hydrogen-bond acceptors (Lipinski definition) is 2. The second kappa shape index (κ2) is 4.65. The number of aromatic nitrogens is 1. The lowest BCUT2D eigenvalue weighted by atomic mass is 9.99. The van der Waals surface area contributed by atoms with Crippen LogP contribution in [-0.2, 0) is 0 Å². The zero-order chi connectivity index (χ0) is 10.7. The Hall–Kier alpha value is -1.05. The summed E-state index contributed by atoms with van der Waals surface area (Å²) in [6.07, 6.45) is 7.42. The van der Waals surface area contributed by atoms with Crippen molar-refractivity contribution in [1.82, 2.24) is 4.98 Å². The topological polar surface area (TPSA) is 24.9 Å². The van der Waals surface area contributed by atoms with Gasteiger partial charge in [0, 0.05) is 12.2 Å². The molecule has 0 saturated heterocycles. The summed E-state index contributed by atoms with van der Waals surface area (Å²) in [5.74, 6) is 0.851. The molecule has 82 valence electrons. The predicted octanol–water partition coefficient (Wildman–Crippen LogP) is 3.38. The molecule has 0 bridgehead atoms. The molecule has 1 saturated carbocycles. The third-order valence-electron chi connectivity index (χ3n) is 3.50. The Morgan fingerprint density at radius 1 is 1.40 bits per heavy atom. The van der Waals surface area contributed by atoms with Gasteiger partial charge in [-0.2, -0.15) is 0 Å². The Morgan fingerprint density at radius 3 is 2.80 bits per heavy atom. The summed E-state index contributed by atoms with van der Waals surface area (Å²) in [6.45, 7) is 4.35. The quantitative estimate of drug-likeness (QED) is 0.816. The van der Waals surface area contributed by atoms with Crippen LogP contribution in [0, 0.1) is 12.8 Å². The normalized spacial score (nSPS) is 19.1. The molecule has 15 heavy (non-hydrogen) atoms. The summed E-state index contributed by atoms with van der Waals surface area (Å²) < 4.78 is 0. The molecular formula is C13H20N2. The van der Waals surface area contributed by atoms with E-state index in [1.54, 1.807) is 0 Å². The van der Waals surface area contributed by atoms with Crippen molar-refractivity contribution in [3.63, 3.8) is 0 Å². The van der Waals surface area contributed by atoms with Crippen molar-refractivity contribution >= 4 is 5.69 Å². The highest BCUT2D eigenvalue weighted by atomic mass is 14.9. The lowest BCUT2D eigenvalue weighted by Crippen LogP contribution is -2.24. The van der Waals surface area contributed by atoms with Gasteiger partial charge in [-0.15, -0.1) is 0 Å². The Morgan fingerprint density at radius 2 is 2.13 bits per heavy atom. The summed E-state index contributed by atoms with van der Waals surface area (Å²) in [5, 5.41) is 3.59. The molecule has 1 fully saturated rings. The van der Waals surface area contributed by atoms with Crippen LogP contribution in [0.2, 0.25) is 0 Å². The predicted molar refractivity (Wildman–Crippen MR) is 64.0 cm³/mol. The molecule has 1 heterocycles. The number of rotatable bonds is 3. The molecule has 2 heteroatoms. The van der Waals surface area contributed by atoms with E-state index in [-0.39, 0.29) is 0 Å². The molecular weight excluding hydrogens is 184 g/mol. The fraction of sp³-hybridized carbons (Fsp3) is 0.615. The molecule has 1 unspecified atom stereocenters. The van der Waals surface area contributed by atoms with Gasteiger partial charge in [-0.3, -0.25) is 4.98 Å². The maximum absolute atomic E-state index is 4.30. The Bertz CT molecular complexity index is 316. The van der Waals surface area contributed by atoms with Gasteiger partial charge in [-0.05, 0) is 44.7 Å². The monoisotopic (exact) mass is 204 g/mol. The van der Waals surface area contributed by atoms with Crippen LogP contribution in [0.1, 0.15) is 38.3 Å². The van der Waals surface area contributed by atoms with Gasteiger partial charge < -0.3 is 5.32 Å². The molecule has 0 amide bonds. The lowest BCUT2D eigenvalue weighted by Gasteiger charge is -2.22. The first-order valence-electron chi connectivity index (χ1n) is 5.95. The standard InChI is InChI=1S/C13H20N2/c1-10(12-6-3-4-7-12)15-13-8-5-9-14-11(13)2/h5,8-10,12,15H,3-4,6-7H2,1-2H3. The Labute approximate surface area is 92.1 Å². The second-order valence-electron chi connectivity index (χ2n) is 4.61. The molecule has 2 nitrogen and oxygen atoms in total. The molecule has 2 rings (SSSR count). The van der Waals surface area contributed by atoms with Gasteiger partial charge in [0.2, 0.25) is 0 Å². The van der Waals surface area contributed by atoms with Gasteiger partial charge in [0.1, 0.15) is 0 Å². The molecule has 0 aromatic carbocycles. The first-order valence-corrected chi connectivity index (χ1v) is 5.95. The number of pyridine rings is 1. The number of nitrogens with zero attached hydrogens (tertiary/aromatic N) is 1. The van der Waals surface area contributed by atoms with Crippen molar-refractivity contribution < 1.29 is 0 Å². The molecule has 0 aliphatic heterocycles. The van der Waals surface area contributed by atoms with Crippen molar-refractivity contribution in [2.75, 3.05) is 5.32 Å². The zero-order valence-corrected chi connectivity index (χ0v) is 9.66. The minimum Gasteiger partial charge on any atom is -0.381 e. The van der Waals surface area contributed by atoms with Crippen LogP contribution >= 0.6 is 0 Å². The number of nitrogens with one attached hydrogen (secondary N) is 1. The minimum absolute atomic E-state index is 0.579. The molecule has 1 aliphatic carbocycles. The van der Waals surface area contributed by atoms with Gasteiger partial charge in [-0.25, -0.2) is 0 Å². The van der Waals surface area contributed by atoms with E-state index in [0.717, 1.165) is 11.6 Å². The van der Waals surface area contributed by atoms with Crippen molar-refractivity contribution in [3.05, 3.63) is 24.0 Å². The summed E-state index contributed by atoms with van der Waals surface area (Å²) in [5.41, 5.74) is 2.29. The molecule has 1 N–H and O–H groups in total.